The third-order valence-corrected chi connectivity index (χ3v) is 2.34. The van der Waals surface area contributed by atoms with Crippen molar-refractivity contribution in [3.8, 4) is 0 Å². The molecule has 0 unspecified atom stereocenters. The third-order valence-electron chi connectivity index (χ3n) is 2.04. The van der Waals surface area contributed by atoms with E-state index in [0.29, 0.717) is 4.90 Å². The highest BCUT2D eigenvalue weighted by atomic mass is 35.5. The lowest BCUT2D eigenvalue weighted by Crippen LogP contribution is -2.38. The number of hydrogen-bond acceptors (Lipinski definition) is 2. The van der Waals surface area contributed by atoms with Gasteiger partial charge in [0.15, 0.2) is 0 Å². The minimum Gasteiger partial charge on any atom is -0.330 e. The van der Waals surface area contributed by atoms with Crippen LogP contribution in [0.5, 0.6) is 0 Å². The van der Waals surface area contributed by atoms with Crippen molar-refractivity contribution in [1.82, 2.24) is 9.88 Å². The van der Waals surface area contributed by atoms with Crippen LogP contribution in [0.15, 0.2) is 18.5 Å². The van der Waals surface area contributed by atoms with Gasteiger partial charge in [0.2, 0.25) is 0 Å². The Morgan fingerprint density at radius 2 is 2.18 bits per heavy atom. The van der Waals surface area contributed by atoms with Crippen LogP contribution in [0.4, 0.5) is 13.2 Å². The minimum absolute atomic E-state index is 0.0211. The number of carbonyl (C=O) groups excluding carboxylic acids is 1. The molecule has 0 aliphatic rings. The van der Waals surface area contributed by atoms with Gasteiger partial charge in [-0.15, -0.1) is 0 Å². The summed E-state index contributed by atoms with van der Waals surface area (Å²) in [5, 5.41) is 0.0399. The van der Waals surface area contributed by atoms with Gasteiger partial charge in [0, 0.05) is 18.9 Å². The summed E-state index contributed by atoms with van der Waals surface area (Å²) >= 11 is 5.70. The van der Waals surface area contributed by atoms with Crippen molar-refractivity contribution < 1.29 is 18.0 Å². The maximum Gasteiger partial charge on any atom is 0.406 e. The Balaban J connectivity index is 2.91. The smallest absolute Gasteiger partial charge is 0.330 e. The molecule has 0 atom stereocenters. The Labute approximate surface area is 101 Å². The predicted octanol–water partition coefficient (Wildman–Crippen LogP) is 2.76. The topological polar surface area (TPSA) is 33.2 Å². The number of aromatic nitrogens is 1. The van der Waals surface area contributed by atoms with Crippen LogP contribution in [0, 0.1) is 0 Å². The molecule has 0 saturated carbocycles. The fourth-order valence-corrected chi connectivity index (χ4v) is 1.46. The maximum atomic E-state index is 12.2. The molecule has 94 valence electrons. The summed E-state index contributed by atoms with van der Waals surface area (Å²) in [5.74, 6) is -0.753. The summed E-state index contributed by atoms with van der Waals surface area (Å²) in [7, 11) is 0. The normalized spacial score (nSPS) is 11.4. The molecular weight excluding hydrogens is 257 g/mol. The van der Waals surface area contributed by atoms with Crippen molar-refractivity contribution >= 4 is 17.5 Å². The quantitative estimate of drug-likeness (QED) is 0.843. The standard InChI is InChI=1S/C10H10ClF3N2O/c1-2-16(6-10(12,13)14)9(17)7-3-4-15-5-8(7)11/h3-5H,2,6H2,1H3. The minimum atomic E-state index is -4.43. The highest BCUT2D eigenvalue weighted by Crippen LogP contribution is 2.20. The lowest BCUT2D eigenvalue weighted by molar-refractivity contribution is -0.140. The lowest BCUT2D eigenvalue weighted by atomic mass is 10.2. The second-order valence-corrected chi connectivity index (χ2v) is 3.70. The number of nitrogens with zero attached hydrogens (tertiary/aromatic N) is 2. The number of alkyl halides is 3. The Morgan fingerprint density at radius 1 is 1.53 bits per heavy atom. The van der Waals surface area contributed by atoms with Gasteiger partial charge >= 0.3 is 6.18 Å². The van der Waals surface area contributed by atoms with E-state index < -0.39 is 18.6 Å². The number of pyridine rings is 1. The van der Waals surface area contributed by atoms with E-state index >= 15 is 0 Å². The second-order valence-electron chi connectivity index (χ2n) is 3.29. The van der Waals surface area contributed by atoms with E-state index in [1.165, 1.54) is 25.4 Å². The molecular formula is C10H10ClF3N2O. The average Bonchev–Trinajstić information content (AvgIpc) is 2.24. The molecule has 7 heteroatoms. The molecule has 1 aromatic rings. The van der Waals surface area contributed by atoms with Crippen LogP contribution in [-0.2, 0) is 0 Å². The van der Waals surface area contributed by atoms with Gasteiger partial charge in [-0.3, -0.25) is 9.78 Å². The van der Waals surface area contributed by atoms with E-state index in [2.05, 4.69) is 4.98 Å². The second kappa shape index (κ2) is 5.35. The van der Waals surface area contributed by atoms with Gasteiger partial charge in [-0.1, -0.05) is 11.6 Å². The molecule has 1 amide bonds. The van der Waals surface area contributed by atoms with Gasteiger partial charge in [0.05, 0.1) is 10.6 Å². The van der Waals surface area contributed by atoms with Crippen molar-refractivity contribution in [2.45, 2.75) is 13.1 Å². The van der Waals surface area contributed by atoms with Gasteiger partial charge in [0.1, 0.15) is 6.54 Å². The average molecular weight is 267 g/mol. The first kappa shape index (κ1) is 13.8. The highest BCUT2D eigenvalue weighted by Gasteiger charge is 2.33. The van der Waals surface area contributed by atoms with Gasteiger partial charge < -0.3 is 4.90 Å². The van der Waals surface area contributed by atoms with Crippen molar-refractivity contribution in [3.63, 3.8) is 0 Å². The van der Waals surface area contributed by atoms with Crippen LogP contribution in [0.2, 0.25) is 5.02 Å². The molecule has 1 heterocycles. The molecule has 1 aromatic heterocycles. The molecule has 0 bridgehead atoms. The summed E-state index contributed by atoms with van der Waals surface area (Å²) in [6.07, 6.45) is -1.90. The first-order chi connectivity index (χ1) is 7.85. The molecule has 0 aromatic carbocycles. The van der Waals surface area contributed by atoms with E-state index in [1.54, 1.807) is 0 Å². The molecule has 17 heavy (non-hydrogen) atoms. The summed E-state index contributed by atoms with van der Waals surface area (Å²) in [6.45, 7) is 0.136. The number of rotatable bonds is 3. The first-order valence-electron chi connectivity index (χ1n) is 4.80. The van der Waals surface area contributed by atoms with E-state index in [4.69, 9.17) is 11.6 Å². The molecule has 0 N–H and O–H groups in total. The van der Waals surface area contributed by atoms with E-state index in [-0.39, 0.29) is 17.1 Å². The van der Waals surface area contributed by atoms with E-state index in [9.17, 15) is 18.0 Å². The summed E-state index contributed by atoms with van der Waals surface area (Å²) in [6, 6.07) is 1.30. The van der Waals surface area contributed by atoms with Gasteiger partial charge in [-0.05, 0) is 13.0 Å². The number of hydrogen-bond donors (Lipinski definition) is 0. The van der Waals surface area contributed by atoms with E-state index in [0.717, 1.165) is 0 Å². The third kappa shape index (κ3) is 3.89. The van der Waals surface area contributed by atoms with Crippen molar-refractivity contribution in [2.24, 2.45) is 0 Å². The Kier molecular flexibility index (Phi) is 4.34. The van der Waals surface area contributed by atoms with Crippen molar-refractivity contribution in [3.05, 3.63) is 29.0 Å². The fraction of sp³-hybridized carbons (Fsp3) is 0.400. The van der Waals surface area contributed by atoms with Gasteiger partial charge in [-0.2, -0.15) is 13.2 Å². The van der Waals surface area contributed by atoms with Crippen molar-refractivity contribution in [2.75, 3.05) is 13.1 Å². The molecule has 0 radical (unpaired) electrons. The largest absolute Gasteiger partial charge is 0.406 e. The number of amides is 1. The molecule has 0 spiro atoms. The van der Waals surface area contributed by atoms with Gasteiger partial charge in [0.25, 0.3) is 5.91 Å². The fourth-order valence-electron chi connectivity index (χ4n) is 1.26. The van der Waals surface area contributed by atoms with Crippen LogP contribution in [-0.4, -0.2) is 35.1 Å². The number of halogens is 4. The first-order valence-corrected chi connectivity index (χ1v) is 5.18. The maximum absolute atomic E-state index is 12.2. The Hall–Kier alpha value is -1.30. The summed E-state index contributed by atoms with van der Waals surface area (Å²) in [5.41, 5.74) is 0.0211. The lowest BCUT2D eigenvalue weighted by Gasteiger charge is -2.22. The SMILES string of the molecule is CCN(CC(F)(F)F)C(=O)c1ccncc1Cl. The van der Waals surface area contributed by atoms with Crippen LogP contribution in [0.25, 0.3) is 0 Å². The highest BCUT2D eigenvalue weighted by molar-refractivity contribution is 6.33. The predicted molar refractivity (Wildman–Crippen MR) is 56.9 cm³/mol. The Morgan fingerprint density at radius 3 is 2.65 bits per heavy atom. The summed E-state index contributed by atoms with van der Waals surface area (Å²) < 4.78 is 36.7. The van der Waals surface area contributed by atoms with Crippen molar-refractivity contribution in [1.29, 1.82) is 0 Å². The zero-order valence-corrected chi connectivity index (χ0v) is 9.72. The zero-order valence-electron chi connectivity index (χ0n) is 8.96. The van der Waals surface area contributed by atoms with Crippen LogP contribution < -0.4 is 0 Å². The number of carbonyl (C=O) groups is 1. The Bertz CT molecular complexity index is 409. The van der Waals surface area contributed by atoms with E-state index in [1.807, 2.05) is 0 Å². The monoisotopic (exact) mass is 266 g/mol. The molecule has 1 rings (SSSR count). The van der Waals surface area contributed by atoms with Crippen LogP contribution in [0.1, 0.15) is 17.3 Å². The molecule has 0 aliphatic heterocycles. The zero-order chi connectivity index (χ0) is 13.1. The molecule has 3 nitrogen and oxygen atoms in total. The summed E-state index contributed by atoms with van der Waals surface area (Å²) in [4.78, 5) is 16.1. The van der Waals surface area contributed by atoms with Crippen LogP contribution >= 0.6 is 11.6 Å². The molecule has 0 aliphatic carbocycles. The molecule has 0 fully saturated rings. The van der Waals surface area contributed by atoms with Gasteiger partial charge in [-0.25, -0.2) is 0 Å². The molecule has 0 saturated heterocycles. The van der Waals surface area contributed by atoms with Crippen LogP contribution in [0.3, 0.4) is 0 Å².